The fraction of sp³-hybridized carbons (Fsp3) is 0.769. The molecular weight excluding hydrogens is 376 g/mol. The zero-order valence-electron chi connectivity index (χ0n) is 18.4. The summed E-state index contributed by atoms with van der Waals surface area (Å²) in [5, 5.41) is 1.53. The summed E-state index contributed by atoms with van der Waals surface area (Å²) < 4.78 is 1.58. The van der Waals surface area contributed by atoms with Crippen LogP contribution in [-0.4, -0.2) is 0 Å². The van der Waals surface area contributed by atoms with E-state index in [1.807, 2.05) is 0 Å². The van der Waals surface area contributed by atoms with Crippen molar-refractivity contribution in [2.24, 2.45) is 11.8 Å². The van der Waals surface area contributed by atoms with Crippen LogP contribution in [0.3, 0.4) is 0 Å². The number of hydrogen-bond donors (Lipinski definition) is 0. The molecule has 0 N–H and O–H groups in total. The van der Waals surface area contributed by atoms with E-state index in [1.165, 1.54) is 108 Å². The van der Waals surface area contributed by atoms with Gasteiger partial charge in [0.15, 0.2) is 0 Å². The van der Waals surface area contributed by atoms with Crippen LogP contribution in [0.25, 0.3) is 9.40 Å². The summed E-state index contributed by atoms with van der Waals surface area (Å²) in [6.07, 6.45) is 22.9. The van der Waals surface area contributed by atoms with Gasteiger partial charge in [0.1, 0.15) is 0 Å². The molecule has 0 saturated heterocycles. The molecule has 0 unspecified atom stereocenters. The lowest BCUT2D eigenvalue weighted by Crippen LogP contribution is -2.15. The van der Waals surface area contributed by atoms with Crippen molar-refractivity contribution in [1.82, 2.24) is 0 Å². The summed E-state index contributed by atoms with van der Waals surface area (Å²) in [6, 6.07) is 4.98. The van der Waals surface area contributed by atoms with Gasteiger partial charge in [0.2, 0.25) is 0 Å². The SMILES string of the molecule is CCCCCCCC1CCC(CCc2cc3cc(CCCCC)sc3s2)CC1. The highest BCUT2D eigenvalue weighted by Crippen LogP contribution is 2.37. The summed E-state index contributed by atoms with van der Waals surface area (Å²) in [4.78, 5) is 3.24. The molecule has 0 amide bonds. The van der Waals surface area contributed by atoms with Gasteiger partial charge in [-0.15, -0.1) is 22.7 Å². The third kappa shape index (κ3) is 7.17. The quantitative estimate of drug-likeness (QED) is 0.284. The second kappa shape index (κ2) is 12.4. The normalized spacial score (nSPS) is 20.2. The molecule has 0 radical (unpaired) electrons. The van der Waals surface area contributed by atoms with Gasteiger partial charge in [-0.3, -0.25) is 0 Å². The van der Waals surface area contributed by atoms with Crippen molar-refractivity contribution in [2.45, 2.75) is 117 Å². The lowest BCUT2D eigenvalue weighted by atomic mass is 9.78. The van der Waals surface area contributed by atoms with Crippen LogP contribution in [-0.2, 0) is 12.8 Å². The third-order valence-electron chi connectivity index (χ3n) is 6.82. The number of fused-ring (bicyclic) bond motifs is 1. The van der Waals surface area contributed by atoms with Gasteiger partial charge in [-0.2, -0.15) is 0 Å². The molecule has 2 aromatic rings. The Morgan fingerprint density at radius 1 is 0.679 bits per heavy atom. The summed E-state index contributed by atoms with van der Waals surface area (Å²) in [5.41, 5.74) is 0. The largest absolute Gasteiger partial charge is 0.129 e. The smallest absolute Gasteiger partial charge is 0.0870 e. The van der Waals surface area contributed by atoms with Gasteiger partial charge in [-0.05, 0) is 49.7 Å². The number of unbranched alkanes of at least 4 members (excludes halogenated alkanes) is 6. The van der Waals surface area contributed by atoms with E-state index >= 15 is 0 Å². The molecule has 0 atom stereocenters. The number of hydrogen-bond acceptors (Lipinski definition) is 2. The van der Waals surface area contributed by atoms with Crippen LogP contribution in [0.1, 0.15) is 113 Å². The fourth-order valence-corrected chi connectivity index (χ4v) is 7.52. The first-order chi connectivity index (χ1) is 13.8. The van der Waals surface area contributed by atoms with E-state index in [0.717, 1.165) is 11.8 Å². The molecule has 158 valence electrons. The van der Waals surface area contributed by atoms with E-state index in [0.29, 0.717) is 0 Å². The summed E-state index contributed by atoms with van der Waals surface area (Å²) in [5.74, 6) is 2.05. The average Bonchev–Trinajstić information content (AvgIpc) is 3.26. The van der Waals surface area contributed by atoms with Crippen molar-refractivity contribution in [2.75, 3.05) is 0 Å². The molecule has 2 aromatic heterocycles. The van der Waals surface area contributed by atoms with Crippen LogP contribution in [0.4, 0.5) is 0 Å². The molecule has 0 aliphatic heterocycles. The van der Waals surface area contributed by atoms with Gasteiger partial charge in [-0.1, -0.05) is 90.9 Å². The van der Waals surface area contributed by atoms with E-state index in [9.17, 15) is 0 Å². The maximum atomic E-state index is 2.50. The molecular formula is C26H42S2. The highest BCUT2D eigenvalue weighted by Gasteiger charge is 2.21. The lowest BCUT2D eigenvalue weighted by molar-refractivity contribution is 0.249. The lowest BCUT2D eigenvalue weighted by Gasteiger charge is -2.28. The maximum Gasteiger partial charge on any atom is 0.0870 e. The summed E-state index contributed by atoms with van der Waals surface area (Å²) >= 11 is 4.14. The molecule has 0 nitrogen and oxygen atoms in total. The summed E-state index contributed by atoms with van der Waals surface area (Å²) in [6.45, 7) is 4.60. The minimum absolute atomic E-state index is 1.00. The minimum Gasteiger partial charge on any atom is -0.129 e. The average molecular weight is 419 g/mol. The highest BCUT2D eigenvalue weighted by atomic mass is 32.2. The molecule has 0 bridgehead atoms. The van der Waals surface area contributed by atoms with E-state index < -0.39 is 0 Å². The first-order valence-electron chi connectivity index (χ1n) is 12.3. The molecule has 2 heterocycles. The van der Waals surface area contributed by atoms with E-state index in [1.54, 1.807) is 13.8 Å². The van der Waals surface area contributed by atoms with Crippen molar-refractivity contribution in [3.05, 3.63) is 21.9 Å². The standard InChI is InChI=1S/C26H42S2/c1-3-5-7-8-10-11-21-13-15-22(16-14-21)17-18-25-20-23-19-24(12-9-6-4-2)27-26(23)28-25/h19-22H,3-18H2,1-2H3. The van der Waals surface area contributed by atoms with Gasteiger partial charge in [0.05, 0.1) is 4.01 Å². The van der Waals surface area contributed by atoms with Gasteiger partial charge in [0.25, 0.3) is 0 Å². The molecule has 1 aliphatic carbocycles. The second-order valence-electron chi connectivity index (χ2n) is 9.25. The molecule has 1 saturated carbocycles. The predicted molar refractivity (Wildman–Crippen MR) is 130 cm³/mol. The molecule has 0 aromatic carbocycles. The third-order valence-corrected chi connectivity index (χ3v) is 9.33. The van der Waals surface area contributed by atoms with Gasteiger partial charge < -0.3 is 0 Å². The van der Waals surface area contributed by atoms with Crippen molar-refractivity contribution in [3.63, 3.8) is 0 Å². The van der Waals surface area contributed by atoms with Gasteiger partial charge >= 0.3 is 0 Å². The van der Waals surface area contributed by atoms with Crippen molar-refractivity contribution < 1.29 is 0 Å². The van der Waals surface area contributed by atoms with Crippen LogP contribution in [0.2, 0.25) is 0 Å². The fourth-order valence-electron chi connectivity index (χ4n) is 4.93. The van der Waals surface area contributed by atoms with E-state index in [2.05, 4.69) is 48.7 Å². The molecule has 1 fully saturated rings. The number of thiophene rings is 2. The van der Waals surface area contributed by atoms with Crippen LogP contribution in [0.5, 0.6) is 0 Å². The van der Waals surface area contributed by atoms with Crippen molar-refractivity contribution >= 4 is 32.1 Å². The first-order valence-corrected chi connectivity index (χ1v) is 13.9. The van der Waals surface area contributed by atoms with Crippen LogP contribution in [0.15, 0.2) is 12.1 Å². The van der Waals surface area contributed by atoms with E-state index in [-0.39, 0.29) is 0 Å². The first kappa shape index (κ1) is 22.3. The van der Waals surface area contributed by atoms with Crippen LogP contribution in [0, 0.1) is 11.8 Å². The maximum absolute atomic E-state index is 2.50. The van der Waals surface area contributed by atoms with Crippen molar-refractivity contribution in [3.8, 4) is 0 Å². The Morgan fingerprint density at radius 2 is 1.25 bits per heavy atom. The Morgan fingerprint density at radius 3 is 1.89 bits per heavy atom. The predicted octanol–water partition coefficient (Wildman–Crippen LogP) is 9.79. The summed E-state index contributed by atoms with van der Waals surface area (Å²) in [7, 11) is 0. The Hall–Kier alpha value is -0.340. The Labute approximate surface area is 182 Å². The Bertz CT molecular complexity index is 626. The van der Waals surface area contributed by atoms with Crippen LogP contribution < -0.4 is 0 Å². The number of aryl methyl sites for hydroxylation is 2. The number of rotatable bonds is 13. The zero-order chi connectivity index (χ0) is 19.6. The van der Waals surface area contributed by atoms with Crippen LogP contribution >= 0.6 is 22.7 Å². The molecule has 2 heteroatoms. The topological polar surface area (TPSA) is 0 Å². The second-order valence-corrected chi connectivity index (χ2v) is 11.8. The zero-order valence-corrected chi connectivity index (χ0v) is 20.1. The Kier molecular flexibility index (Phi) is 9.88. The van der Waals surface area contributed by atoms with E-state index in [4.69, 9.17) is 0 Å². The van der Waals surface area contributed by atoms with Gasteiger partial charge in [-0.25, -0.2) is 0 Å². The monoisotopic (exact) mass is 418 g/mol. The highest BCUT2D eigenvalue weighted by molar-refractivity contribution is 7.38. The molecule has 28 heavy (non-hydrogen) atoms. The Balaban J connectivity index is 1.33. The minimum atomic E-state index is 1.00. The molecule has 3 rings (SSSR count). The molecule has 1 aliphatic rings. The van der Waals surface area contributed by atoms with Crippen molar-refractivity contribution in [1.29, 1.82) is 0 Å². The molecule has 0 spiro atoms. The van der Waals surface area contributed by atoms with Gasteiger partial charge in [0, 0.05) is 15.1 Å².